The van der Waals surface area contributed by atoms with Gasteiger partial charge in [0.1, 0.15) is 0 Å². The van der Waals surface area contributed by atoms with Gasteiger partial charge in [0.05, 0.1) is 11.2 Å². The largest absolute Gasteiger partial charge is 0.359 e. The molecule has 2 aliphatic heterocycles. The fourth-order valence-electron chi connectivity index (χ4n) is 7.35. The van der Waals surface area contributed by atoms with E-state index in [2.05, 4.69) is 67.3 Å². The van der Waals surface area contributed by atoms with Gasteiger partial charge in [-0.05, 0) is 118 Å². The van der Waals surface area contributed by atoms with Gasteiger partial charge >= 0.3 is 0 Å². The summed E-state index contributed by atoms with van der Waals surface area (Å²) in [5.74, 6) is 1.15. The van der Waals surface area contributed by atoms with Crippen LogP contribution in [0.5, 0.6) is 0 Å². The number of fused-ring (bicyclic) bond motifs is 1. The van der Waals surface area contributed by atoms with Gasteiger partial charge in [0.15, 0.2) is 0 Å². The smallest absolute Gasteiger partial charge is 0.0966 e. The van der Waals surface area contributed by atoms with E-state index in [9.17, 15) is 0 Å². The topological polar surface area (TPSA) is 25.4 Å². The monoisotopic (exact) mass is 442 g/mol. The fraction of sp³-hybridized carbons (Fsp3) is 0.567. The molecule has 2 fully saturated rings. The quantitative estimate of drug-likeness (QED) is 0.511. The van der Waals surface area contributed by atoms with Crippen molar-refractivity contribution in [3.63, 3.8) is 0 Å². The van der Waals surface area contributed by atoms with Crippen LogP contribution in [0.1, 0.15) is 76.2 Å². The van der Waals surface area contributed by atoms with E-state index in [0.29, 0.717) is 17.9 Å². The second-order valence-corrected chi connectivity index (χ2v) is 11.4. The average molecular weight is 443 g/mol. The number of hydrogen-bond acceptors (Lipinski definition) is 3. The summed E-state index contributed by atoms with van der Waals surface area (Å²) in [6.07, 6.45) is 19.9. The lowest BCUT2D eigenvalue weighted by atomic mass is 9.74. The summed E-state index contributed by atoms with van der Waals surface area (Å²) < 4.78 is 7.29. The molecular weight excluding hydrogens is 404 g/mol. The van der Waals surface area contributed by atoms with E-state index < -0.39 is 0 Å². The molecule has 1 saturated carbocycles. The standard InChI is InChI=1S/C30H38N2O/c1-21-7-8-22(24-10-9-23-13-16-31-20-25(23)17-24)5-4-6-27-18-26-11-12-28(32(2)3)19-29(26)14-15-30(21,27)33-29/h6,9-10,13,16-18,20-22,28H,4-5,7-8,11-12,14-15,19H2,1-3H3/b27-6-/t21-,22+,28-,29+,30-/m0/s1. The lowest BCUT2D eigenvalue weighted by Gasteiger charge is -2.49. The van der Waals surface area contributed by atoms with Crippen molar-refractivity contribution in [2.75, 3.05) is 14.1 Å². The van der Waals surface area contributed by atoms with Crippen LogP contribution < -0.4 is 0 Å². The zero-order valence-electron chi connectivity index (χ0n) is 20.5. The number of benzene rings is 1. The van der Waals surface area contributed by atoms with Crippen molar-refractivity contribution in [1.29, 1.82) is 0 Å². The molecule has 5 atom stereocenters. The molecule has 4 aliphatic rings. The molecular formula is C30H38N2O. The lowest BCUT2D eigenvalue weighted by molar-refractivity contribution is -0.115. The van der Waals surface area contributed by atoms with Crippen LogP contribution in [0, 0.1) is 5.92 Å². The molecule has 0 radical (unpaired) electrons. The number of aromatic nitrogens is 1. The second kappa shape index (κ2) is 8.06. The third-order valence-corrected chi connectivity index (χ3v) is 9.48. The molecule has 2 spiro atoms. The molecule has 0 unspecified atom stereocenters. The van der Waals surface area contributed by atoms with Crippen molar-refractivity contribution in [1.82, 2.24) is 9.88 Å². The Morgan fingerprint density at radius 1 is 1.03 bits per heavy atom. The number of nitrogens with zero attached hydrogens (tertiary/aromatic N) is 2. The van der Waals surface area contributed by atoms with Crippen LogP contribution in [0.3, 0.4) is 0 Å². The Hall–Kier alpha value is -1.97. The molecule has 2 aromatic rings. The van der Waals surface area contributed by atoms with E-state index in [1.165, 1.54) is 73.3 Å². The summed E-state index contributed by atoms with van der Waals surface area (Å²) in [4.78, 5) is 6.77. The first-order valence-electron chi connectivity index (χ1n) is 13.1. The molecule has 33 heavy (non-hydrogen) atoms. The van der Waals surface area contributed by atoms with Crippen LogP contribution in [0.25, 0.3) is 10.8 Å². The Labute approximate surface area is 198 Å². The summed E-state index contributed by atoms with van der Waals surface area (Å²) in [5.41, 5.74) is 4.50. The highest BCUT2D eigenvalue weighted by Crippen LogP contribution is 2.59. The van der Waals surface area contributed by atoms with E-state index in [-0.39, 0.29) is 11.2 Å². The number of hydrogen-bond donors (Lipinski definition) is 0. The Morgan fingerprint density at radius 3 is 2.82 bits per heavy atom. The van der Waals surface area contributed by atoms with Gasteiger partial charge in [0.2, 0.25) is 0 Å². The van der Waals surface area contributed by atoms with Crippen LogP contribution in [-0.4, -0.2) is 41.2 Å². The number of ether oxygens (including phenoxy) is 1. The predicted molar refractivity (Wildman–Crippen MR) is 135 cm³/mol. The highest BCUT2D eigenvalue weighted by atomic mass is 16.5. The molecule has 1 aromatic heterocycles. The minimum absolute atomic E-state index is 0.00239. The third-order valence-electron chi connectivity index (χ3n) is 9.48. The van der Waals surface area contributed by atoms with Gasteiger partial charge in [0.25, 0.3) is 0 Å². The minimum atomic E-state index is -0.0695. The van der Waals surface area contributed by atoms with Crippen molar-refractivity contribution in [3.05, 3.63) is 65.5 Å². The van der Waals surface area contributed by atoms with E-state index >= 15 is 0 Å². The maximum Gasteiger partial charge on any atom is 0.0966 e. The van der Waals surface area contributed by atoms with Gasteiger partial charge < -0.3 is 9.64 Å². The summed E-state index contributed by atoms with van der Waals surface area (Å²) >= 11 is 0. The van der Waals surface area contributed by atoms with E-state index in [1.807, 2.05) is 12.4 Å². The maximum atomic E-state index is 7.29. The lowest BCUT2D eigenvalue weighted by Crippen LogP contribution is -2.50. The summed E-state index contributed by atoms with van der Waals surface area (Å²) in [6.45, 7) is 2.46. The number of pyridine rings is 1. The van der Waals surface area contributed by atoms with Gasteiger partial charge in [-0.25, -0.2) is 0 Å². The van der Waals surface area contributed by atoms with Gasteiger partial charge in [-0.1, -0.05) is 31.2 Å². The Bertz CT molecular complexity index is 1120. The molecule has 0 N–H and O–H groups in total. The van der Waals surface area contributed by atoms with E-state index in [4.69, 9.17) is 4.74 Å². The summed E-state index contributed by atoms with van der Waals surface area (Å²) in [5, 5.41) is 2.55. The molecule has 2 bridgehead atoms. The Morgan fingerprint density at radius 2 is 1.94 bits per heavy atom. The summed E-state index contributed by atoms with van der Waals surface area (Å²) in [7, 11) is 4.47. The zero-order valence-corrected chi connectivity index (χ0v) is 20.5. The molecule has 1 aromatic carbocycles. The molecule has 3 nitrogen and oxygen atoms in total. The van der Waals surface area contributed by atoms with E-state index in [1.54, 1.807) is 5.57 Å². The first kappa shape index (κ1) is 21.6. The fourth-order valence-corrected chi connectivity index (χ4v) is 7.35. The summed E-state index contributed by atoms with van der Waals surface area (Å²) in [6, 6.07) is 9.76. The SMILES string of the molecule is C[C@H]1CC[C@H](c2ccc3ccncc3c2)CC/C=C2/C=C3CC[C@H](N(C)C)C[C@]34CC[C@@]21O4. The van der Waals surface area contributed by atoms with Gasteiger partial charge in [-0.3, -0.25) is 4.98 Å². The van der Waals surface area contributed by atoms with Crippen LogP contribution in [0.2, 0.25) is 0 Å². The molecule has 3 heterocycles. The van der Waals surface area contributed by atoms with Crippen molar-refractivity contribution in [3.8, 4) is 0 Å². The molecule has 0 amide bonds. The van der Waals surface area contributed by atoms with E-state index in [0.717, 1.165) is 6.42 Å². The average Bonchev–Trinajstić information content (AvgIpc) is 3.18. The van der Waals surface area contributed by atoms with Crippen LogP contribution in [0.4, 0.5) is 0 Å². The van der Waals surface area contributed by atoms with Gasteiger partial charge in [0, 0.05) is 23.8 Å². The maximum absolute atomic E-state index is 7.29. The highest BCUT2D eigenvalue weighted by Gasteiger charge is 2.59. The normalized spacial score (nSPS) is 37.9. The Kier molecular flexibility index (Phi) is 5.27. The number of allylic oxidation sites excluding steroid dienone is 1. The minimum Gasteiger partial charge on any atom is -0.359 e. The van der Waals surface area contributed by atoms with Crippen molar-refractivity contribution in [2.24, 2.45) is 5.92 Å². The second-order valence-electron chi connectivity index (χ2n) is 11.4. The van der Waals surface area contributed by atoms with Crippen molar-refractivity contribution in [2.45, 2.75) is 87.9 Å². The molecule has 1 saturated heterocycles. The van der Waals surface area contributed by atoms with Crippen LogP contribution in [0.15, 0.2) is 60.0 Å². The highest BCUT2D eigenvalue weighted by molar-refractivity contribution is 5.82. The van der Waals surface area contributed by atoms with Crippen molar-refractivity contribution >= 4 is 10.8 Å². The predicted octanol–water partition coefficient (Wildman–Crippen LogP) is 6.80. The molecule has 6 rings (SSSR count). The Balaban J connectivity index is 1.30. The number of rotatable bonds is 2. The first-order valence-corrected chi connectivity index (χ1v) is 13.1. The van der Waals surface area contributed by atoms with Gasteiger partial charge in [-0.15, -0.1) is 0 Å². The third kappa shape index (κ3) is 3.51. The molecule has 3 heteroatoms. The van der Waals surface area contributed by atoms with Gasteiger partial charge in [-0.2, -0.15) is 0 Å². The zero-order chi connectivity index (χ0) is 22.6. The first-order chi connectivity index (χ1) is 16.0. The van der Waals surface area contributed by atoms with Crippen molar-refractivity contribution < 1.29 is 4.74 Å². The molecule has 2 aliphatic carbocycles. The van der Waals surface area contributed by atoms with Crippen LogP contribution in [-0.2, 0) is 4.74 Å². The molecule has 174 valence electrons. The van der Waals surface area contributed by atoms with Crippen LogP contribution >= 0.6 is 0 Å².